The van der Waals surface area contributed by atoms with Gasteiger partial charge in [0.15, 0.2) is 0 Å². The maximum Gasteiger partial charge on any atom is 0.255 e. The zero-order chi connectivity index (χ0) is 25.9. The van der Waals surface area contributed by atoms with E-state index in [2.05, 4.69) is 5.32 Å². The Morgan fingerprint density at radius 3 is 2.00 bits per heavy atom. The van der Waals surface area contributed by atoms with Crippen LogP contribution >= 0.6 is 0 Å². The van der Waals surface area contributed by atoms with Crippen LogP contribution in [0.3, 0.4) is 0 Å². The average Bonchev–Trinajstić information content (AvgIpc) is 3.27. The smallest absolute Gasteiger partial charge is 0.255 e. The molecule has 0 bridgehead atoms. The third-order valence-corrected chi connectivity index (χ3v) is 10.7. The number of hydrogen-bond donors (Lipinski definition) is 1. The van der Waals surface area contributed by atoms with E-state index in [1.165, 1.54) is 40.0 Å². The van der Waals surface area contributed by atoms with Crippen LogP contribution in [0.15, 0.2) is 46.2 Å². The third kappa shape index (κ3) is 5.44. The molecule has 0 aliphatic carbocycles. The summed E-state index contributed by atoms with van der Waals surface area (Å²) in [4.78, 5) is 13.4. The number of methoxy groups -OCH3 is 1. The van der Waals surface area contributed by atoms with Gasteiger partial charge in [-0.05, 0) is 68.5 Å². The molecule has 2 fully saturated rings. The minimum atomic E-state index is -3.75. The summed E-state index contributed by atoms with van der Waals surface area (Å²) in [6.07, 6.45) is 5.26. The van der Waals surface area contributed by atoms with E-state index in [-0.39, 0.29) is 21.0 Å². The van der Waals surface area contributed by atoms with E-state index < -0.39 is 26.0 Å². The second kappa shape index (κ2) is 10.9. The molecule has 2 heterocycles. The molecule has 11 heteroatoms. The van der Waals surface area contributed by atoms with E-state index in [1.54, 1.807) is 19.1 Å². The zero-order valence-corrected chi connectivity index (χ0v) is 22.3. The van der Waals surface area contributed by atoms with Crippen LogP contribution in [-0.4, -0.2) is 64.6 Å². The molecule has 4 rings (SSSR count). The molecule has 0 aromatic heterocycles. The van der Waals surface area contributed by atoms with E-state index in [1.807, 2.05) is 0 Å². The van der Waals surface area contributed by atoms with Gasteiger partial charge in [0.2, 0.25) is 20.0 Å². The van der Waals surface area contributed by atoms with Crippen molar-refractivity contribution in [3.63, 3.8) is 0 Å². The summed E-state index contributed by atoms with van der Waals surface area (Å²) in [7, 11) is -6.01. The summed E-state index contributed by atoms with van der Waals surface area (Å²) >= 11 is 0. The lowest BCUT2D eigenvalue weighted by atomic mass is 10.1. The van der Waals surface area contributed by atoms with Crippen LogP contribution in [0, 0.1) is 6.92 Å². The molecule has 0 unspecified atom stereocenters. The van der Waals surface area contributed by atoms with Gasteiger partial charge in [0.1, 0.15) is 5.75 Å². The number of ether oxygens (including phenoxy) is 1. The number of hydrogen-bond acceptors (Lipinski definition) is 6. The lowest BCUT2D eigenvalue weighted by Gasteiger charge is -2.21. The number of benzene rings is 2. The first-order valence-electron chi connectivity index (χ1n) is 12.2. The maximum absolute atomic E-state index is 13.4. The Morgan fingerprint density at radius 2 is 1.39 bits per heavy atom. The predicted molar refractivity (Wildman–Crippen MR) is 137 cm³/mol. The molecule has 0 saturated carbocycles. The van der Waals surface area contributed by atoms with Crippen LogP contribution in [0.25, 0.3) is 0 Å². The van der Waals surface area contributed by atoms with Gasteiger partial charge in [-0.3, -0.25) is 4.79 Å². The van der Waals surface area contributed by atoms with Crippen LogP contribution in [0.5, 0.6) is 5.75 Å². The highest BCUT2D eigenvalue weighted by Crippen LogP contribution is 2.31. The van der Waals surface area contributed by atoms with Crippen molar-refractivity contribution in [2.75, 3.05) is 38.6 Å². The Hall–Kier alpha value is -2.47. The first-order chi connectivity index (χ1) is 17.1. The average molecular weight is 536 g/mol. The number of nitrogens with one attached hydrogen (secondary N) is 1. The Labute approximate surface area is 213 Å². The molecule has 2 saturated heterocycles. The lowest BCUT2D eigenvalue weighted by Crippen LogP contribution is -2.32. The molecular formula is C25H33N3O6S2. The van der Waals surface area contributed by atoms with Gasteiger partial charge >= 0.3 is 0 Å². The van der Waals surface area contributed by atoms with Crippen molar-refractivity contribution >= 4 is 31.6 Å². The van der Waals surface area contributed by atoms with E-state index >= 15 is 0 Å². The molecule has 36 heavy (non-hydrogen) atoms. The highest BCUT2D eigenvalue weighted by molar-refractivity contribution is 7.89. The summed E-state index contributed by atoms with van der Waals surface area (Å²) in [6, 6.07) is 8.91. The Balaban J connectivity index is 1.62. The SMILES string of the molecule is COc1ccc(S(=O)(=O)N2CCCC2)cc1NC(=O)c1ccc(C)c(S(=O)(=O)N2CCCCCC2)c1. The highest BCUT2D eigenvalue weighted by Gasteiger charge is 2.29. The number of carbonyl (C=O) groups excluding carboxylic acids is 1. The minimum Gasteiger partial charge on any atom is -0.495 e. The predicted octanol–water partition coefficient (Wildman–Crippen LogP) is 3.61. The number of aryl methyl sites for hydroxylation is 1. The zero-order valence-electron chi connectivity index (χ0n) is 20.7. The first-order valence-corrected chi connectivity index (χ1v) is 15.1. The topological polar surface area (TPSA) is 113 Å². The molecule has 0 spiro atoms. The molecule has 1 N–H and O–H groups in total. The molecule has 196 valence electrons. The monoisotopic (exact) mass is 535 g/mol. The van der Waals surface area contributed by atoms with Crippen LogP contribution in [0.1, 0.15) is 54.4 Å². The summed E-state index contributed by atoms with van der Waals surface area (Å²) in [6.45, 7) is 3.57. The van der Waals surface area contributed by atoms with E-state index in [0.717, 1.165) is 38.5 Å². The lowest BCUT2D eigenvalue weighted by molar-refractivity contribution is 0.102. The third-order valence-electron chi connectivity index (χ3n) is 6.76. The molecule has 9 nitrogen and oxygen atoms in total. The highest BCUT2D eigenvalue weighted by atomic mass is 32.2. The van der Waals surface area contributed by atoms with Gasteiger partial charge in [0.05, 0.1) is 22.6 Å². The summed E-state index contributed by atoms with van der Waals surface area (Å²) < 4.78 is 61.0. The molecule has 0 radical (unpaired) electrons. The largest absolute Gasteiger partial charge is 0.495 e. The summed E-state index contributed by atoms with van der Waals surface area (Å²) in [5, 5.41) is 2.71. The second-order valence-electron chi connectivity index (χ2n) is 9.23. The van der Waals surface area contributed by atoms with Crippen molar-refractivity contribution in [3.05, 3.63) is 47.5 Å². The Morgan fingerprint density at radius 1 is 0.806 bits per heavy atom. The van der Waals surface area contributed by atoms with Crippen LogP contribution < -0.4 is 10.1 Å². The standard InChI is InChI=1S/C25H33N3O6S2/c1-19-9-10-20(17-24(19)36(32,33)28-13-5-3-4-6-14-28)25(29)26-22-18-21(11-12-23(22)34-2)35(30,31)27-15-7-8-16-27/h9-12,17-18H,3-8,13-16H2,1-2H3,(H,26,29). The van der Waals surface area contributed by atoms with Gasteiger partial charge < -0.3 is 10.1 Å². The number of amides is 1. The molecule has 2 aliphatic rings. The minimum absolute atomic E-state index is 0.0637. The van der Waals surface area contributed by atoms with Gasteiger partial charge in [0, 0.05) is 31.7 Å². The summed E-state index contributed by atoms with van der Waals surface area (Å²) in [5.74, 6) is -0.260. The molecule has 0 atom stereocenters. The van der Waals surface area contributed by atoms with Crippen LogP contribution in [0.4, 0.5) is 5.69 Å². The van der Waals surface area contributed by atoms with E-state index in [4.69, 9.17) is 4.74 Å². The molecule has 2 aromatic carbocycles. The van der Waals surface area contributed by atoms with Gasteiger partial charge in [-0.1, -0.05) is 18.9 Å². The Kier molecular flexibility index (Phi) is 8.03. The maximum atomic E-state index is 13.4. The van der Waals surface area contributed by atoms with Crippen molar-refractivity contribution < 1.29 is 26.4 Å². The van der Waals surface area contributed by atoms with Crippen LogP contribution in [-0.2, 0) is 20.0 Å². The van der Waals surface area contributed by atoms with Crippen LogP contribution in [0.2, 0.25) is 0 Å². The van der Waals surface area contributed by atoms with Gasteiger partial charge in [-0.15, -0.1) is 0 Å². The number of anilines is 1. The number of sulfonamides is 2. The number of rotatable bonds is 7. The van der Waals surface area contributed by atoms with Gasteiger partial charge in [-0.2, -0.15) is 8.61 Å². The normalized spacial score (nSPS) is 18.1. The summed E-state index contributed by atoms with van der Waals surface area (Å²) in [5.41, 5.74) is 0.913. The molecule has 1 amide bonds. The Bertz CT molecular complexity index is 1330. The quantitative estimate of drug-likeness (QED) is 0.580. The van der Waals surface area contributed by atoms with E-state index in [9.17, 15) is 21.6 Å². The number of carbonyl (C=O) groups is 1. The fraction of sp³-hybridized carbons (Fsp3) is 0.480. The van der Waals surface area contributed by atoms with Crippen molar-refractivity contribution in [1.29, 1.82) is 0 Å². The molecule has 2 aromatic rings. The molecule has 2 aliphatic heterocycles. The van der Waals surface area contributed by atoms with Crippen molar-refractivity contribution in [1.82, 2.24) is 8.61 Å². The van der Waals surface area contributed by atoms with Crippen molar-refractivity contribution in [2.24, 2.45) is 0 Å². The second-order valence-corrected chi connectivity index (χ2v) is 13.1. The molecular weight excluding hydrogens is 502 g/mol. The van der Waals surface area contributed by atoms with Crippen molar-refractivity contribution in [3.8, 4) is 5.75 Å². The van der Waals surface area contributed by atoms with E-state index in [0.29, 0.717) is 37.5 Å². The van der Waals surface area contributed by atoms with Crippen molar-refractivity contribution in [2.45, 2.75) is 55.2 Å². The number of nitrogens with zero attached hydrogens (tertiary/aromatic N) is 2. The first kappa shape index (κ1) is 26.6. The van der Waals surface area contributed by atoms with Gasteiger partial charge in [-0.25, -0.2) is 16.8 Å². The fourth-order valence-corrected chi connectivity index (χ4v) is 7.97. The fourth-order valence-electron chi connectivity index (χ4n) is 4.66. The van der Waals surface area contributed by atoms with Gasteiger partial charge in [0.25, 0.3) is 5.91 Å².